The molecule has 1 aromatic carbocycles. The van der Waals surface area contributed by atoms with Gasteiger partial charge in [0.15, 0.2) is 0 Å². The Morgan fingerprint density at radius 1 is 1.60 bits per heavy atom. The smallest absolute Gasteiger partial charge is 0.129 e. The molecule has 0 bridgehead atoms. The molecule has 2 nitrogen and oxygen atoms in total. The summed E-state index contributed by atoms with van der Waals surface area (Å²) in [5.74, 6) is -0.308. The van der Waals surface area contributed by atoms with Gasteiger partial charge in [-0.15, -0.1) is 0 Å². The fraction of sp³-hybridized carbons (Fsp3) is 0.300. The number of likely N-dealkylation sites (N-methyl/N-ethyl adjacent to an activating group) is 1. The van der Waals surface area contributed by atoms with Gasteiger partial charge in [-0.25, -0.2) is 4.39 Å². The van der Waals surface area contributed by atoms with Gasteiger partial charge in [0.05, 0.1) is 4.99 Å². The summed E-state index contributed by atoms with van der Waals surface area (Å²) in [6, 6.07) is 4.62. The van der Waals surface area contributed by atoms with Gasteiger partial charge in [-0.3, -0.25) is 4.90 Å². The molecule has 0 heterocycles. The first kappa shape index (κ1) is 12.4. The maximum atomic E-state index is 13.4. The molecule has 0 fully saturated rings. The van der Waals surface area contributed by atoms with Crippen molar-refractivity contribution in [3.8, 4) is 0 Å². The number of thiocarbonyl (C=S) groups is 1. The van der Waals surface area contributed by atoms with Crippen molar-refractivity contribution in [3.05, 3.63) is 34.6 Å². The Kier molecular flexibility index (Phi) is 4.45. The highest BCUT2D eigenvalue weighted by molar-refractivity contribution is 7.80. The van der Waals surface area contributed by atoms with Crippen LogP contribution in [0.3, 0.4) is 0 Å². The third kappa shape index (κ3) is 4.11. The van der Waals surface area contributed by atoms with Gasteiger partial charge >= 0.3 is 0 Å². The van der Waals surface area contributed by atoms with E-state index in [2.05, 4.69) is 0 Å². The third-order valence-corrected chi connectivity index (χ3v) is 2.25. The highest BCUT2D eigenvalue weighted by atomic mass is 35.5. The molecule has 0 atom stereocenters. The van der Waals surface area contributed by atoms with E-state index in [-0.39, 0.29) is 5.82 Å². The van der Waals surface area contributed by atoms with E-state index in [4.69, 9.17) is 29.6 Å². The van der Waals surface area contributed by atoms with E-state index in [9.17, 15) is 4.39 Å². The molecule has 0 saturated carbocycles. The van der Waals surface area contributed by atoms with Crippen LogP contribution in [0.15, 0.2) is 18.2 Å². The predicted molar refractivity (Wildman–Crippen MR) is 64.5 cm³/mol. The topological polar surface area (TPSA) is 29.3 Å². The van der Waals surface area contributed by atoms with Gasteiger partial charge < -0.3 is 5.73 Å². The zero-order chi connectivity index (χ0) is 11.4. The van der Waals surface area contributed by atoms with E-state index in [1.54, 1.807) is 12.1 Å². The molecular formula is C10H12ClFN2S. The Morgan fingerprint density at radius 2 is 2.27 bits per heavy atom. The highest BCUT2D eigenvalue weighted by Gasteiger charge is 2.06. The summed E-state index contributed by atoms with van der Waals surface area (Å²) >= 11 is 10.4. The van der Waals surface area contributed by atoms with Gasteiger partial charge in [-0.05, 0) is 19.2 Å². The van der Waals surface area contributed by atoms with Crippen molar-refractivity contribution < 1.29 is 4.39 Å². The Balaban J connectivity index is 2.68. The van der Waals surface area contributed by atoms with E-state index < -0.39 is 0 Å². The lowest BCUT2D eigenvalue weighted by molar-refractivity contribution is 0.366. The molecule has 15 heavy (non-hydrogen) atoms. The summed E-state index contributed by atoms with van der Waals surface area (Å²) in [5.41, 5.74) is 5.97. The molecule has 0 aliphatic rings. The Hall–Kier alpha value is -0.710. The van der Waals surface area contributed by atoms with Crippen molar-refractivity contribution >= 4 is 28.8 Å². The van der Waals surface area contributed by atoms with Crippen LogP contribution in [0.1, 0.15) is 5.56 Å². The number of halogens is 2. The Morgan fingerprint density at radius 3 is 2.80 bits per heavy atom. The summed E-state index contributed by atoms with van der Waals surface area (Å²) < 4.78 is 13.4. The van der Waals surface area contributed by atoms with Crippen LogP contribution in [-0.4, -0.2) is 23.5 Å². The third-order valence-electron chi connectivity index (χ3n) is 1.88. The lowest BCUT2D eigenvalue weighted by Gasteiger charge is -2.16. The summed E-state index contributed by atoms with van der Waals surface area (Å²) in [4.78, 5) is 2.24. The second-order valence-electron chi connectivity index (χ2n) is 3.37. The van der Waals surface area contributed by atoms with Gasteiger partial charge in [0, 0.05) is 23.7 Å². The minimum Gasteiger partial charge on any atom is -0.392 e. The van der Waals surface area contributed by atoms with Crippen LogP contribution in [0.4, 0.5) is 4.39 Å². The van der Waals surface area contributed by atoms with Crippen LogP contribution < -0.4 is 5.73 Å². The molecule has 1 rings (SSSR count). The molecule has 0 unspecified atom stereocenters. The standard InChI is InChI=1S/C10H12ClFN2S/c1-14(6-10(13)15)5-7-2-3-8(11)4-9(7)12/h2-4H,5-6H2,1H3,(H2,13,15). The second-order valence-corrected chi connectivity index (χ2v) is 4.34. The van der Waals surface area contributed by atoms with Crippen LogP contribution >= 0.6 is 23.8 Å². The first-order valence-electron chi connectivity index (χ1n) is 4.40. The predicted octanol–water partition coefficient (Wildman–Crippen LogP) is 2.20. The summed E-state index contributed by atoms with van der Waals surface area (Å²) in [6.45, 7) is 0.928. The van der Waals surface area contributed by atoms with Crippen LogP contribution in [-0.2, 0) is 6.54 Å². The monoisotopic (exact) mass is 246 g/mol. The first-order chi connectivity index (χ1) is 6.99. The molecule has 82 valence electrons. The number of rotatable bonds is 4. The maximum Gasteiger partial charge on any atom is 0.129 e. The first-order valence-corrected chi connectivity index (χ1v) is 5.18. The quantitative estimate of drug-likeness (QED) is 0.826. The van der Waals surface area contributed by atoms with Crippen molar-refractivity contribution in [1.29, 1.82) is 0 Å². The van der Waals surface area contributed by atoms with Crippen molar-refractivity contribution in [2.75, 3.05) is 13.6 Å². The molecule has 1 aromatic rings. The van der Waals surface area contributed by atoms with Crippen molar-refractivity contribution in [2.45, 2.75) is 6.54 Å². The average molecular weight is 247 g/mol. The number of nitrogens with zero attached hydrogens (tertiary/aromatic N) is 1. The van der Waals surface area contributed by atoms with Crippen molar-refractivity contribution in [1.82, 2.24) is 4.90 Å². The minimum absolute atomic E-state index is 0.308. The summed E-state index contributed by atoms with van der Waals surface area (Å²) in [5, 5.41) is 0.397. The van der Waals surface area contributed by atoms with E-state index in [1.165, 1.54) is 6.07 Å². The van der Waals surface area contributed by atoms with Crippen LogP contribution in [0.25, 0.3) is 0 Å². The van der Waals surface area contributed by atoms with E-state index in [0.717, 1.165) is 0 Å². The molecular weight excluding hydrogens is 235 g/mol. The van der Waals surface area contributed by atoms with E-state index in [1.807, 2.05) is 11.9 Å². The van der Waals surface area contributed by atoms with Crippen LogP contribution in [0.5, 0.6) is 0 Å². The minimum atomic E-state index is -0.308. The number of benzene rings is 1. The Bertz CT molecular complexity index is 370. The molecule has 0 spiro atoms. The van der Waals surface area contributed by atoms with Gasteiger partial charge in [0.1, 0.15) is 5.82 Å². The molecule has 0 amide bonds. The Labute approximate surface area is 98.8 Å². The molecule has 0 aliphatic carbocycles. The van der Waals surface area contributed by atoms with Crippen molar-refractivity contribution in [3.63, 3.8) is 0 Å². The zero-order valence-corrected chi connectivity index (χ0v) is 9.91. The zero-order valence-electron chi connectivity index (χ0n) is 8.34. The van der Waals surface area contributed by atoms with Crippen molar-refractivity contribution in [2.24, 2.45) is 5.73 Å². The number of hydrogen-bond acceptors (Lipinski definition) is 2. The second kappa shape index (κ2) is 5.39. The number of hydrogen-bond donors (Lipinski definition) is 1. The van der Waals surface area contributed by atoms with Crippen LogP contribution in [0, 0.1) is 5.82 Å². The molecule has 0 aromatic heterocycles. The summed E-state index contributed by atoms with van der Waals surface area (Å²) in [7, 11) is 1.83. The molecule has 0 saturated heterocycles. The average Bonchev–Trinajstić information content (AvgIpc) is 2.08. The normalized spacial score (nSPS) is 10.7. The lowest BCUT2D eigenvalue weighted by Crippen LogP contribution is -2.29. The van der Waals surface area contributed by atoms with Crippen LogP contribution in [0.2, 0.25) is 5.02 Å². The van der Waals surface area contributed by atoms with E-state index >= 15 is 0 Å². The molecule has 2 N–H and O–H groups in total. The van der Waals surface area contributed by atoms with Gasteiger partial charge in [-0.2, -0.15) is 0 Å². The maximum absolute atomic E-state index is 13.4. The fourth-order valence-corrected chi connectivity index (χ4v) is 1.64. The highest BCUT2D eigenvalue weighted by Crippen LogP contribution is 2.15. The molecule has 5 heteroatoms. The summed E-state index contributed by atoms with van der Waals surface area (Å²) in [6.07, 6.45) is 0. The van der Waals surface area contributed by atoms with Gasteiger partial charge in [-0.1, -0.05) is 29.9 Å². The number of nitrogens with two attached hydrogens (primary N) is 1. The largest absolute Gasteiger partial charge is 0.392 e. The molecule has 0 aliphatic heterocycles. The lowest BCUT2D eigenvalue weighted by atomic mass is 10.2. The SMILES string of the molecule is CN(CC(N)=S)Cc1ccc(Cl)cc1F. The fourth-order valence-electron chi connectivity index (χ4n) is 1.26. The molecule has 0 radical (unpaired) electrons. The van der Waals surface area contributed by atoms with Gasteiger partial charge in [0.2, 0.25) is 0 Å². The van der Waals surface area contributed by atoms with Gasteiger partial charge in [0.25, 0.3) is 0 Å². The van der Waals surface area contributed by atoms with E-state index in [0.29, 0.717) is 28.7 Å².